The molecular formula is C22H21Cl2N5O4S. The van der Waals surface area contributed by atoms with Crippen molar-refractivity contribution in [1.29, 1.82) is 0 Å². The summed E-state index contributed by atoms with van der Waals surface area (Å²) in [6, 6.07) is 8.89. The Morgan fingerprint density at radius 3 is 2.56 bits per heavy atom. The molecule has 12 heteroatoms. The Balaban J connectivity index is 1.44. The second-order valence-electron chi connectivity index (χ2n) is 7.53. The number of carbonyl (C=O) groups excluding carboxylic acids is 2. The van der Waals surface area contributed by atoms with Crippen LogP contribution in [-0.2, 0) is 4.79 Å². The number of ether oxygens (including phenoxy) is 2. The zero-order valence-corrected chi connectivity index (χ0v) is 20.6. The van der Waals surface area contributed by atoms with Crippen LogP contribution in [0.1, 0.15) is 20.3 Å². The third kappa shape index (κ3) is 5.35. The zero-order chi connectivity index (χ0) is 24.2. The summed E-state index contributed by atoms with van der Waals surface area (Å²) >= 11 is 13.4. The minimum absolute atomic E-state index is 0.159. The van der Waals surface area contributed by atoms with Gasteiger partial charge in [0.2, 0.25) is 17.8 Å². The molecule has 2 unspecified atom stereocenters. The van der Waals surface area contributed by atoms with Crippen molar-refractivity contribution in [2.24, 2.45) is 5.92 Å². The van der Waals surface area contributed by atoms with E-state index in [9.17, 15) is 9.59 Å². The van der Waals surface area contributed by atoms with Gasteiger partial charge in [0.1, 0.15) is 11.0 Å². The van der Waals surface area contributed by atoms with E-state index >= 15 is 0 Å². The van der Waals surface area contributed by atoms with E-state index in [1.807, 2.05) is 26.0 Å². The number of halogens is 2. The van der Waals surface area contributed by atoms with Crippen LogP contribution in [0.4, 0.5) is 15.6 Å². The average Bonchev–Trinajstić information content (AvgIpc) is 3.48. The first kappa shape index (κ1) is 24.1. The van der Waals surface area contributed by atoms with Gasteiger partial charge in [-0.05, 0) is 36.2 Å². The van der Waals surface area contributed by atoms with E-state index in [0.29, 0.717) is 28.1 Å². The Labute approximate surface area is 209 Å². The number of nitrogens with one attached hydrogen (secondary N) is 3. The van der Waals surface area contributed by atoms with Gasteiger partial charge in [-0.15, -0.1) is 10.2 Å². The number of para-hydroxylation sites is 1. The number of rotatable bonds is 7. The molecule has 0 saturated carbocycles. The number of aromatic nitrogens is 2. The summed E-state index contributed by atoms with van der Waals surface area (Å²) in [5.41, 5.74) is 1.05. The molecule has 0 aliphatic carbocycles. The molecule has 3 amide bonds. The van der Waals surface area contributed by atoms with Gasteiger partial charge >= 0.3 is 6.03 Å². The smallest absolute Gasteiger partial charge is 0.319 e. The van der Waals surface area contributed by atoms with Crippen LogP contribution in [0, 0.1) is 5.92 Å². The summed E-state index contributed by atoms with van der Waals surface area (Å²) in [5.74, 6) is 0.724. The number of urea groups is 1. The van der Waals surface area contributed by atoms with E-state index in [1.165, 1.54) is 11.3 Å². The Kier molecular flexibility index (Phi) is 7.40. The monoisotopic (exact) mass is 521 g/mol. The number of hydrogen-bond donors (Lipinski definition) is 3. The van der Waals surface area contributed by atoms with Crippen molar-refractivity contribution >= 4 is 57.3 Å². The predicted molar refractivity (Wildman–Crippen MR) is 132 cm³/mol. The summed E-state index contributed by atoms with van der Waals surface area (Å²) < 4.78 is 10.7. The quantitative estimate of drug-likeness (QED) is 0.382. The Morgan fingerprint density at radius 2 is 1.82 bits per heavy atom. The SMILES string of the molecule is CCC(C)C(NC(=O)Nc1c(Cl)cccc1Cl)C(=O)Nc1nnc(-c2ccc3c(c2)OCO3)s1. The predicted octanol–water partition coefficient (Wildman–Crippen LogP) is 5.42. The van der Waals surface area contributed by atoms with Gasteiger partial charge in [-0.3, -0.25) is 10.1 Å². The number of carbonyl (C=O) groups is 2. The van der Waals surface area contributed by atoms with Crippen molar-refractivity contribution in [2.75, 3.05) is 17.4 Å². The standard InChI is InChI=1S/C22H21Cl2N5O4S/c1-3-11(2)17(25-21(31)26-18-13(23)5-4-6-14(18)24)19(30)27-22-29-28-20(34-22)12-7-8-15-16(9-12)33-10-32-15/h4-9,11,17H,3,10H2,1-2H3,(H2,25,26,31)(H,27,29,30). The van der Waals surface area contributed by atoms with Gasteiger partial charge in [0.15, 0.2) is 11.5 Å². The van der Waals surface area contributed by atoms with Crippen LogP contribution in [-0.4, -0.2) is 35.0 Å². The fourth-order valence-electron chi connectivity index (χ4n) is 3.21. The number of fused-ring (bicyclic) bond motifs is 1. The number of benzene rings is 2. The molecule has 34 heavy (non-hydrogen) atoms. The molecule has 0 fully saturated rings. The summed E-state index contributed by atoms with van der Waals surface area (Å²) in [6.07, 6.45) is 0.657. The lowest BCUT2D eigenvalue weighted by molar-refractivity contribution is -0.119. The van der Waals surface area contributed by atoms with Crippen LogP contribution in [0.25, 0.3) is 10.6 Å². The van der Waals surface area contributed by atoms with Crippen molar-refractivity contribution in [1.82, 2.24) is 15.5 Å². The highest BCUT2D eigenvalue weighted by Crippen LogP contribution is 2.37. The third-order valence-corrected chi connectivity index (χ3v) is 6.78. The maximum absolute atomic E-state index is 13.0. The molecule has 4 rings (SSSR count). The van der Waals surface area contributed by atoms with E-state index in [0.717, 1.165) is 5.56 Å². The van der Waals surface area contributed by atoms with Gasteiger partial charge in [0, 0.05) is 5.56 Å². The number of anilines is 2. The summed E-state index contributed by atoms with van der Waals surface area (Å²) in [4.78, 5) is 25.7. The highest BCUT2D eigenvalue weighted by Gasteiger charge is 2.27. The zero-order valence-electron chi connectivity index (χ0n) is 18.2. The molecule has 178 valence electrons. The Morgan fingerprint density at radius 1 is 1.09 bits per heavy atom. The number of amides is 3. The van der Waals surface area contributed by atoms with Gasteiger partial charge in [-0.2, -0.15) is 0 Å². The van der Waals surface area contributed by atoms with Crippen molar-refractivity contribution in [3.05, 3.63) is 46.4 Å². The van der Waals surface area contributed by atoms with Gasteiger partial charge in [-0.1, -0.05) is 60.9 Å². The minimum Gasteiger partial charge on any atom is -0.454 e. The van der Waals surface area contributed by atoms with Crippen molar-refractivity contribution < 1.29 is 19.1 Å². The van der Waals surface area contributed by atoms with Gasteiger partial charge < -0.3 is 20.1 Å². The minimum atomic E-state index is -0.829. The summed E-state index contributed by atoms with van der Waals surface area (Å²) in [6.45, 7) is 3.97. The van der Waals surface area contributed by atoms with Crippen LogP contribution in [0.2, 0.25) is 10.0 Å². The van der Waals surface area contributed by atoms with Crippen molar-refractivity contribution in [3.8, 4) is 22.1 Å². The fourth-order valence-corrected chi connectivity index (χ4v) is 4.45. The first-order valence-corrected chi connectivity index (χ1v) is 12.0. The maximum atomic E-state index is 13.0. The molecule has 1 aliphatic heterocycles. The Bertz CT molecular complexity index is 1200. The number of nitrogens with zero attached hydrogens (tertiary/aromatic N) is 2. The fraction of sp³-hybridized carbons (Fsp3) is 0.273. The molecule has 2 atom stereocenters. The highest BCUT2D eigenvalue weighted by molar-refractivity contribution is 7.18. The van der Waals surface area contributed by atoms with Gasteiger partial charge in [0.05, 0.1) is 15.7 Å². The lowest BCUT2D eigenvalue weighted by atomic mass is 9.98. The maximum Gasteiger partial charge on any atom is 0.319 e. The molecule has 0 radical (unpaired) electrons. The number of hydrogen-bond acceptors (Lipinski definition) is 7. The van der Waals surface area contributed by atoms with E-state index in [4.69, 9.17) is 32.7 Å². The van der Waals surface area contributed by atoms with E-state index in [-0.39, 0.29) is 28.4 Å². The summed E-state index contributed by atoms with van der Waals surface area (Å²) in [7, 11) is 0. The lowest BCUT2D eigenvalue weighted by Gasteiger charge is -2.23. The molecule has 1 aliphatic rings. The van der Waals surface area contributed by atoms with Gasteiger partial charge in [0.25, 0.3) is 0 Å². The van der Waals surface area contributed by atoms with Gasteiger partial charge in [-0.25, -0.2) is 4.79 Å². The molecule has 0 spiro atoms. The molecule has 0 bridgehead atoms. The average molecular weight is 522 g/mol. The summed E-state index contributed by atoms with van der Waals surface area (Å²) in [5, 5.41) is 17.8. The van der Waals surface area contributed by atoms with Crippen LogP contribution in [0.3, 0.4) is 0 Å². The molecule has 3 N–H and O–H groups in total. The lowest BCUT2D eigenvalue weighted by Crippen LogP contribution is -2.49. The van der Waals surface area contributed by atoms with E-state index in [2.05, 4.69) is 26.1 Å². The topological polar surface area (TPSA) is 114 Å². The second-order valence-corrected chi connectivity index (χ2v) is 9.32. The largest absolute Gasteiger partial charge is 0.454 e. The first-order valence-electron chi connectivity index (χ1n) is 10.4. The molecule has 2 heterocycles. The molecule has 2 aromatic carbocycles. The molecule has 3 aromatic rings. The van der Waals surface area contributed by atoms with E-state index < -0.39 is 18.0 Å². The molecule has 9 nitrogen and oxygen atoms in total. The van der Waals surface area contributed by atoms with Crippen molar-refractivity contribution in [2.45, 2.75) is 26.3 Å². The van der Waals surface area contributed by atoms with E-state index in [1.54, 1.807) is 24.3 Å². The third-order valence-electron chi connectivity index (χ3n) is 5.26. The van der Waals surface area contributed by atoms with Crippen molar-refractivity contribution in [3.63, 3.8) is 0 Å². The van der Waals surface area contributed by atoms with Crippen LogP contribution in [0.5, 0.6) is 11.5 Å². The van der Waals surface area contributed by atoms with Crippen LogP contribution in [0.15, 0.2) is 36.4 Å². The second kappa shape index (κ2) is 10.5. The molecular weight excluding hydrogens is 501 g/mol. The molecule has 0 saturated heterocycles. The van der Waals surface area contributed by atoms with Crippen LogP contribution < -0.4 is 25.4 Å². The Hall–Kier alpha value is -3.08. The molecule has 1 aromatic heterocycles. The highest BCUT2D eigenvalue weighted by atomic mass is 35.5. The first-order chi connectivity index (χ1) is 16.4. The van der Waals surface area contributed by atoms with Crippen LogP contribution >= 0.6 is 34.5 Å². The normalized spacial score (nSPS) is 13.8.